The molecule has 0 spiro atoms. The first-order valence-corrected chi connectivity index (χ1v) is 5.43. The van der Waals surface area contributed by atoms with Gasteiger partial charge in [0.05, 0.1) is 24.5 Å². The molecule has 0 bridgehead atoms. The van der Waals surface area contributed by atoms with Crippen molar-refractivity contribution in [3.05, 3.63) is 17.6 Å². The number of hydrogen-bond donors (Lipinski definition) is 2. The van der Waals surface area contributed by atoms with Crippen LogP contribution in [0.4, 0.5) is 5.82 Å². The van der Waals surface area contributed by atoms with Gasteiger partial charge in [-0.2, -0.15) is 0 Å². The lowest BCUT2D eigenvalue weighted by molar-refractivity contribution is -0.119. The molecule has 94 valence electrons. The number of amides is 1. The topological polar surface area (TPSA) is 76.1 Å². The van der Waals surface area contributed by atoms with Crippen molar-refractivity contribution in [3.8, 4) is 0 Å². The van der Waals surface area contributed by atoms with Crippen LogP contribution in [0.15, 0.2) is 6.20 Å². The Bertz CT molecular complexity index is 382. The number of nitrogens with one attached hydrogen (secondary N) is 2. The van der Waals surface area contributed by atoms with Gasteiger partial charge in [-0.15, -0.1) is 0 Å². The number of carbonyl (C=O) groups is 1. The summed E-state index contributed by atoms with van der Waals surface area (Å²) in [6.45, 7) is 4.90. The maximum Gasteiger partial charge on any atom is 0.239 e. The third-order valence-electron chi connectivity index (χ3n) is 2.12. The van der Waals surface area contributed by atoms with Gasteiger partial charge >= 0.3 is 0 Å². The maximum atomic E-state index is 11.4. The number of anilines is 1. The standard InChI is InChI=1S/C11H18N4O2/c1-8-6-13-9(2)11(15-8)14-7-10(16)12-4-5-17-3/h6H,4-5,7H2,1-3H3,(H,12,16)(H,14,15). The van der Waals surface area contributed by atoms with Gasteiger partial charge in [0.25, 0.3) is 0 Å². The van der Waals surface area contributed by atoms with E-state index in [9.17, 15) is 4.79 Å². The van der Waals surface area contributed by atoms with Gasteiger partial charge in [0.2, 0.25) is 5.91 Å². The highest BCUT2D eigenvalue weighted by Crippen LogP contribution is 2.07. The van der Waals surface area contributed by atoms with Crippen molar-refractivity contribution < 1.29 is 9.53 Å². The van der Waals surface area contributed by atoms with E-state index in [1.165, 1.54) is 0 Å². The molecule has 0 fully saturated rings. The van der Waals surface area contributed by atoms with E-state index in [4.69, 9.17) is 4.74 Å². The molecule has 0 saturated heterocycles. The Balaban J connectivity index is 2.39. The minimum atomic E-state index is -0.0928. The number of hydrogen-bond acceptors (Lipinski definition) is 5. The van der Waals surface area contributed by atoms with Crippen molar-refractivity contribution >= 4 is 11.7 Å². The molecule has 0 atom stereocenters. The Labute approximate surface area is 101 Å². The van der Waals surface area contributed by atoms with Gasteiger partial charge in [0.1, 0.15) is 5.82 Å². The fraction of sp³-hybridized carbons (Fsp3) is 0.545. The minimum Gasteiger partial charge on any atom is -0.383 e. The summed E-state index contributed by atoms with van der Waals surface area (Å²) in [5.41, 5.74) is 1.60. The molecule has 0 aliphatic heterocycles. The van der Waals surface area contributed by atoms with Crippen molar-refractivity contribution in [3.63, 3.8) is 0 Å². The third-order valence-corrected chi connectivity index (χ3v) is 2.12. The lowest BCUT2D eigenvalue weighted by Gasteiger charge is -2.08. The molecule has 6 heteroatoms. The molecule has 0 aliphatic carbocycles. The summed E-state index contributed by atoms with van der Waals surface area (Å²) in [5.74, 6) is 0.552. The van der Waals surface area contributed by atoms with Crippen molar-refractivity contribution in [2.24, 2.45) is 0 Å². The van der Waals surface area contributed by atoms with Crippen LogP contribution < -0.4 is 10.6 Å². The molecule has 0 unspecified atom stereocenters. The molecule has 1 aromatic rings. The van der Waals surface area contributed by atoms with Crippen molar-refractivity contribution in [1.29, 1.82) is 0 Å². The molecule has 2 N–H and O–H groups in total. The van der Waals surface area contributed by atoms with Crippen LogP contribution in [-0.2, 0) is 9.53 Å². The Morgan fingerprint density at radius 3 is 2.94 bits per heavy atom. The average Bonchev–Trinajstić information content (AvgIpc) is 2.31. The molecule has 0 aromatic carbocycles. The van der Waals surface area contributed by atoms with E-state index in [0.29, 0.717) is 19.0 Å². The SMILES string of the molecule is COCCNC(=O)CNc1nc(C)cnc1C. The summed E-state index contributed by atoms with van der Waals surface area (Å²) >= 11 is 0. The van der Waals surface area contributed by atoms with Crippen LogP contribution in [0.5, 0.6) is 0 Å². The van der Waals surface area contributed by atoms with Gasteiger partial charge in [-0.05, 0) is 13.8 Å². The molecule has 1 aromatic heterocycles. The van der Waals surface area contributed by atoms with E-state index in [1.54, 1.807) is 13.3 Å². The van der Waals surface area contributed by atoms with Crippen LogP contribution in [0, 0.1) is 13.8 Å². The largest absolute Gasteiger partial charge is 0.383 e. The number of aryl methyl sites for hydroxylation is 2. The van der Waals surface area contributed by atoms with Crippen LogP contribution in [-0.4, -0.2) is 42.7 Å². The number of methoxy groups -OCH3 is 1. The van der Waals surface area contributed by atoms with Crippen molar-refractivity contribution in [2.45, 2.75) is 13.8 Å². The van der Waals surface area contributed by atoms with Gasteiger partial charge in [-0.3, -0.25) is 9.78 Å². The Morgan fingerprint density at radius 2 is 2.24 bits per heavy atom. The summed E-state index contributed by atoms with van der Waals surface area (Å²) in [6, 6.07) is 0. The van der Waals surface area contributed by atoms with Crippen LogP contribution in [0.2, 0.25) is 0 Å². The van der Waals surface area contributed by atoms with E-state index >= 15 is 0 Å². The second-order valence-corrected chi connectivity index (χ2v) is 3.64. The summed E-state index contributed by atoms with van der Waals surface area (Å²) in [5, 5.41) is 5.67. The molecular formula is C11H18N4O2. The Morgan fingerprint density at radius 1 is 1.47 bits per heavy atom. The number of carbonyl (C=O) groups excluding carboxylic acids is 1. The van der Waals surface area contributed by atoms with Crippen LogP contribution in [0.25, 0.3) is 0 Å². The molecule has 1 amide bonds. The van der Waals surface area contributed by atoms with Gasteiger partial charge in [-0.25, -0.2) is 4.98 Å². The first-order chi connectivity index (χ1) is 8.13. The first kappa shape index (κ1) is 13.4. The zero-order valence-corrected chi connectivity index (χ0v) is 10.4. The van der Waals surface area contributed by atoms with Gasteiger partial charge in [0.15, 0.2) is 0 Å². The first-order valence-electron chi connectivity index (χ1n) is 5.43. The molecule has 1 rings (SSSR count). The molecule has 0 radical (unpaired) electrons. The summed E-state index contributed by atoms with van der Waals surface area (Å²) in [4.78, 5) is 19.8. The summed E-state index contributed by atoms with van der Waals surface area (Å²) in [7, 11) is 1.59. The van der Waals surface area contributed by atoms with Crippen molar-refractivity contribution in [2.75, 3.05) is 32.1 Å². The summed E-state index contributed by atoms with van der Waals surface area (Å²) < 4.78 is 4.83. The van der Waals surface area contributed by atoms with E-state index in [1.807, 2.05) is 13.8 Å². The number of aromatic nitrogens is 2. The fourth-order valence-corrected chi connectivity index (χ4v) is 1.22. The van der Waals surface area contributed by atoms with Crippen molar-refractivity contribution in [1.82, 2.24) is 15.3 Å². The molecule has 1 heterocycles. The number of nitrogens with zero attached hydrogens (tertiary/aromatic N) is 2. The molecular weight excluding hydrogens is 220 g/mol. The van der Waals surface area contributed by atoms with Crippen LogP contribution in [0.3, 0.4) is 0 Å². The predicted octanol–water partition coefficient (Wildman–Crippen LogP) is 0.268. The number of rotatable bonds is 6. The quantitative estimate of drug-likeness (QED) is 0.696. The van der Waals surface area contributed by atoms with Gasteiger partial charge < -0.3 is 15.4 Å². The maximum absolute atomic E-state index is 11.4. The smallest absolute Gasteiger partial charge is 0.239 e. The highest BCUT2D eigenvalue weighted by Gasteiger charge is 2.04. The van der Waals surface area contributed by atoms with E-state index in [-0.39, 0.29) is 12.5 Å². The second-order valence-electron chi connectivity index (χ2n) is 3.64. The zero-order chi connectivity index (χ0) is 12.7. The van der Waals surface area contributed by atoms with E-state index < -0.39 is 0 Å². The minimum absolute atomic E-state index is 0.0928. The Hall–Kier alpha value is -1.69. The normalized spacial score (nSPS) is 10.1. The monoisotopic (exact) mass is 238 g/mol. The van der Waals surface area contributed by atoms with E-state index in [0.717, 1.165) is 11.4 Å². The third kappa shape index (κ3) is 4.78. The average molecular weight is 238 g/mol. The number of ether oxygens (including phenoxy) is 1. The highest BCUT2D eigenvalue weighted by molar-refractivity contribution is 5.80. The van der Waals surface area contributed by atoms with Crippen LogP contribution in [0.1, 0.15) is 11.4 Å². The predicted molar refractivity (Wildman–Crippen MR) is 64.9 cm³/mol. The zero-order valence-electron chi connectivity index (χ0n) is 10.4. The molecule has 6 nitrogen and oxygen atoms in total. The highest BCUT2D eigenvalue weighted by atomic mass is 16.5. The van der Waals surface area contributed by atoms with Gasteiger partial charge in [0, 0.05) is 19.9 Å². The lowest BCUT2D eigenvalue weighted by atomic mass is 10.4. The molecule has 0 aliphatic rings. The summed E-state index contributed by atoms with van der Waals surface area (Å²) in [6.07, 6.45) is 1.69. The molecule has 0 saturated carbocycles. The van der Waals surface area contributed by atoms with Crippen LogP contribution >= 0.6 is 0 Å². The molecule has 17 heavy (non-hydrogen) atoms. The fourth-order valence-electron chi connectivity index (χ4n) is 1.22. The Kier molecular flexibility index (Phi) is 5.35. The van der Waals surface area contributed by atoms with E-state index in [2.05, 4.69) is 20.6 Å². The second kappa shape index (κ2) is 6.80. The van der Waals surface area contributed by atoms with Gasteiger partial charge in [-0.1, -0.05) is 0 Å². The lowest BCUT2D eigenvalue weighted by Crippen LogP contribution is -2.32.